The van der Waals surface area contributed by atoms with Gasteiger partial charge in [0.25, 0.3) is 5.56 Å². The van der Waals surface area contributed by atoms with Gasteiger partial charge < -0.3 is 15.4 Å². The maximum absolute atomic E-state index is 12.7. The van der Waals surface area contributed by atoms with Crippen LogP contribution < -0.4 is 20.9 Å². The average Bonchev–Trinajstić information content (AvgIpc) is 3.00. The highest BCUT2D eigenvalue weighted by molar-refractivity contribution is 7.18. The number of thiophene rings is 1. The van der Waals surface area contributed by atoms with E-state index >= 15 is 0 Å². The quantitative estimate of drug-likeness (QED) is 0.442. The number of aryl methyl sites for hydroxylation is 3. The number of ether oxygens (including phenoxy) is 1. The summed E-state index contributed by atoms with van der Waals surface area (Å²) in [5, 5.41) is 6.00. The van der Waals surface area contributed by atoms with Gasteiger partial charge in [-0.25, -0.2) is 9.78 Å². The Morgan fingerprint density at radius 2 is 2.07 bits per heavy atom. The lowest BCUT2D eigenvalue weighted by molar-refractivity contribution is -0.134. The first-order valence-electron chi connectivity index (χ1n) is 9.69. The predicted molar refractivity (Wildman–Crippen MR) is 117 cm³/mol. The molecule has 2 aromatic heterocycles. The minimum Gasteiger partial charge on any atom is -0.426 e. The number of carbonyl (C=O) groups excluding carboxylic acids is 2. The number of aromatic nitrogens is 2. The second-order valence-electron chi connectivity index (χ2n) is 6.84. The Balaban J connectivity index is 1.61. The van der Waals surface area contributed by atoms with E-state index in [-0.39, 0.29) is 24.6 Å². The number of amides is 2. The Kier molecular flexibility index (Phi) is 6.83. The van der Waals surface area contributed by atoms with Gasteiger partial charge in [-0.1, -0.05) is 13.0 Å². The minimum absolute atomic E-state index is 0.0178. The summed E-state index contributed by atoms with van der Waals surface area (Å²) in [5.41, 5.74) is 1.29. The van der Waals surface area contributed by atoms with E-state index in [9.17, 15) is 14.4 Å². The van der Waals surface area contributed by atoms with Crippen molar-refractivity contribution in [2.75, 3.05) is 11.9 Å². The van der Waals surface area contributed by atoms with Crippen molar-refractivity contribution in [3.63, 3.8) is 0 Å². The van der Waals surface area contributed by atoms with Crippen LogP contribution in [0.5, 0.6) is 5.75 Å². The molecule has 2 amide bonds. The van der Waals surface area contributed by atoms with Crippen LogP contribution in [0.25, 0.3) is 10.2 Å². The summed E-state index contributed by atoms with van der Waals surface area (Å²) in [5.74, 6) is -0.161. The Hall–Kier alpha value is -3.20. The van der Waals surface area contributed by atoms with Gasteiger partial charge in [-0.2, -0.15) is 0 Å². The average molecular weight is 429 g/mol. The summed E-state index contributed by atoms with van der Waals surface area (Å²) < 4.78 is 6.78. The highest BCUT2D eigenvalue weighted by Crippen LogP contribution is 2.25. The number of hydrogen-bond acceptors (Lipinski definition) is 6. The van der Waals surface area contributed by atoms with Gasteiger partial charge in [0.2, 0.25) is 0 Å². The van der Waals surface area contributed by atoms with Crippen LogP contribution in [-0.4, -0.2) is 28.1 Å². The lowest BCUT2D eigenvalue weighted by Gasteiger charge is -2.09. The lowest BCUT2D eigenvalue weighted by Crippen LogP contribution is -2.29. The van der Waals surface area contributed by atoms with Crippen LogP contribution in [0.2, 0.25) is 0 Å². The Morgan fingerprint density at radius 1 is 1.27 bits per heavy atom. The van der Waals surface area contributed by atoms with E-state index in [1.807, 2.05) is 20.8 Å². The first-order chi connectivity index (χ1) is 14.4. The molecule has 30 heavy (non-hydrogen) atoms. The molecular weight excluding hydrogens is 404 g/mol. The molecule has 0 aliphatic carbocycles. The third-order valence-electron chi connectivity index (χ3n) is 4.57. The largest absolute Gasteiger partial charge is 0.426 e. The molecule has 0 unspecified atom stereocenters. The van der Waals surface area contributed by atoms with Crippen molar-refractivity contribution in [3.05, 3.63) is 51.4 Å². The van der Waals surface area contributed by atoms with Crippen molar-refractivity contribution >= 4 is 39.2 Å². The van der Waals surface area contributed by atoms with E-state index in [2.05, 4.69) is 15.6 Å². The third-order valence-corrected chi connectivity index (χ3v) is 5.69. The molecule has 1 aromatic carbocycles. The van der Waals surface area contributed by atoms with Gasteiger partial charge >= 0.3 is 12.0 Å². The van der Waals surface area contributed by atoms with E-state index in [0.717, 1.165) is 16.9 Å². The molecule has 0 saturated carbocycles. The number of rotatable bonds is 7. The molecule has 0 bridgehead atoms. The van der Waals surface area contributed by atoms with E-state index in [1.54, 1.807) is 24.3 Å². The number of urea groups is 1. The van der Waals surface area contributed by atoms with Crippen LogP contribution in [-0.2, 0) is 11.3 Å². The van der Waals surface area contributed by atoms with Crippen molar-refractivity contribution in [2.24, 2.45) is 0 Å². The van der Waals surface area contributed by atoms with Crippen LogP contribution in [0.4, 0.5) is 10.5 Å². The van der Waals surface area contributed by atoms with Gasteiger partial charge in [0.15, 0.2) is 0 Å². The molecular formula is C21H24N4O4S. The first-order valence-corrected chi connectivity index (χ1v) is 10.5. The summed E-state index contributed by atoms with van der Waals surface area (Å²) in [4.78, 5) is 42.8. The zero-order valence-electron chi connectivity index (χ0n) is 17.2. The number of anilines is 1. The fraction of sp³-hybridized carbons (Fsp3) is 0.333. The highest BCUT2D eigenvalue weighted by Gasteiger charge is 2.13. The van der Waals surface area contributed by atoms with Crippen molar-refractivity contribution in [1.82, 2.24) is 14.9 Å². The molecule has 0 saturated heterocycles. The number of nitrogens with zero attached hydrogens (tertiary/aromatic N) is 2. The summed E-state index contributed by atoms with van der Waals surface area (Å²) >= 11 is 1.49. The Morgan fingerprint density at radius 3 is 2.83 bits per heavy atom. The van der Waals surface area contributed by atoms with Gasteiger partial charge in [0.05, 0.1) is 18.1 Å². The highest BCUT2D eigenvalue weighted by atomic mass is 32.1. The number of nitrogens with one attached hydrogen (secondary N) is 2. The van der Waals surface area contributed by atoms with Crippen LogP contribution in [0.3, 0.4) is 0 Å². The second-order valence-corrected chi connectivity index (χ2v) is 8.04. The van der Waals surface area contributed by atoms with Crippen molar-refractivity contribution in [3.8, 4) is 5.75 Å². The van der Waals surface area contributed by atoms with E-state index in [0.29, 0.717) is 28.2 Å². The summed E-state index contributed by atoms with van der Waals surface area (Å²) in [6.45, 7) is 6.57. The zero-order valence-corrected chi connectivity index (χ0v) is 18.0. The molecule has 0 spiro atoms. The molecule has 0 fully saturated rings. The normalized spacial score (nSPS) is 10.8. The van der Waals surface area contributed by atoms with Crippen LogP contribution in [0.15, 0.2) is 35.4 Å². The zero-order chi connectivity index (χ0) is 21.7. The number of esters is 1. The molecule has 0 aliphatic rings. The monoisotopic (exact) mass is 428 g/mol. The maximum atomic E-state index is 12.7. The number of benzene rings is 1. The summed E-state index contributed by atoms with van der Waals surface area (Å²) in [6.07, 6.45) is 2.32. The van der Waals surface area contributed by atoms with Crippen molar-refractivity contribution in [2.45, 2.75) is 40.2 Å². The van der Waals surface area contributed by atoms with Crippen molar-refractivity contribution in [1.29, 1.82) is 0 Å². The van der Waals surface area contributed by atoms with Gasteiger partial charge in [-0.3, -0.25) is 14.2 Å². The van der Waals surface area contributed by atoms with Crippen molar-refractivity contribution < 1.29 is 14.3 Å². The lowest BCUT2D eigenvalue weighted by atomic mass is 10.2. The maximum Gasteiger partial charge on any atom is 0.319 e. The van der Waals surface area contributed by atoms with Gasteiger partial charge in [-0.05, 0) is 38.0 Å². The second kappa shape index (κ2) is 9.53. The van der Waals surface area contributed by atoms with Gasteiger partial charge in [-0.15, -0.1) is 11.3 Å². The summed E-state index contributed by atoms with van der Waals surface area (Å²) in [7, 11) is 0. The fourth-order valence-corrected chi connectivity index (χ4v) is 3.86. The Bertz CT molecular complexity index is 1140. The number of carbonyl (C=O) groups is 2. The number of hydrogen-bond donors (Lipinski definition) is 2. The first kappa shape index (κ1) is 21.5. The number of fused-ring (bicyclic) bond motifs is 1. The topological polar surface area (TPSA) is 102 Å². The molecule has 0 atom stereocenters. The minimum atomic E-state index is -0.479. The van der Waals surface area contributed by atoms with Gasteiger partial charge in [0.1, 0.15) is 10.6 Å². The van der Waals surface area contributed by atoms with E-state index < -0.39 is 5.97 Å². The smallest absolute Gasteiger partial charge is 0.319 e. The SMILES string of the molecule is CCCNC(=O)Nc1cccc(OC(=O)CCn2cnc3sc(C)c(C)c3c2=O)c1. The molecule has 0 radical (unpaired) electrons. The molecule has 158 valence electrons. The van der Waals surface area contributed by atoms with Crippen LogP contribution in [0, 0.1) is 13.8 Å². The fourth-order valence-electron chi connectivity index (χ4n) is 2.87. The molecule has 2 heterocycles. The van der Waals surface area contributed by atoms with Crippen LogP contribution >= 0.6 is 11.3 Å². The Labute approximate surface area is 177 Å². The van der Waals surface area contributed by atoms with E-state index in [4.69, 9.17) is 4.74 Å². The van der Waals surface area contributed by atoms with E-state index in [1.165, 1.54) is 22.2 Å². The van der Waals surface area contributed by atoms with Crippen LogP contribution in [0.1, 0.15) is 30.2 Å². The molecule has 8 nitrogen and oxygen atoms in total. The molecule has 0 aliphatic heterocycles. The third kappa shape index (κ3) is 5.04. The molecule has 9 heteroatoms. The molecule has 3 rings (SSSR count). The standard InChI is InChI=1S/C21H24N4O4S/c1-4-9-22-21(28)24-15-6-5-7-16(11-15)29-17(26)8-10-25-12-23-19-18(20(25)27)13(2)14(3)30-19/h5-7,11-12H,4,8-10H2,1-3H3,(H2,22,24,28). The molecule has 3 aromatic rings. The summed E-state index contributed by atoms with van der Waals surface area (Å²) in [6, 6.07) is 6.27. The van der Waals surface area contributed by atoms with Gasteiger partial charge in [0, 0.05) is 29.7 Å². The molecule has 2 N–H and O–H groups in total. The predicted octanol–water partition coefficient (Wildman–Crippen LogP) is 3.60.